The molecule has 0 aliphatic carbocycles. The number of alkyl halides is 1. The molecule has 0 saturated carbocycles. The molecule has 0 saturated heterocycles. The molecule has 0 aliphatic rings. The van der Waals surface area contributed by atoms with Crippen molar-refractivity contribution in [3.05, 3.63) is 33.3 Å². The molecular formula is C10H12BrCl. The van der Waals surface area contributed by atoms with Crippen molar-refractivity contribution in [1.29, 1.82) is 0 Å². The van der Waals surface area contributed by atoms with Crippen LogP contribution in [-0.2, 0) is 12.3 Å². The molecule has 66 valence electrons. The molecular weight excluding hydrogens is 235 g/mol. The van der Waals surface area contributed by atoms with E-state index in [4.69, 9.17) is 11.6 Å². The number of halogens is 2. The fraction of sp³-hybridized carbons (Fsp3) is 0.400. The van der Waals surface area contributed by atoms with E-state index in [-0.39, 0.29) is 0 Å². The van der Waals surface area contributed by atoms with Gasteiger partial charge in [0.2, 0.25) is 0 Å². The van der Waals surface area contributed by atoms with E-state index in [1.165, 1.54) is 16.7 Å². The summed E-state index contributed by atoms with van der Waals surface area (Å²) in [4.78, 5) is 0. The van der Waals surface area contributed by atoms with E-state index >= 15 is 0 Å². The lowest BCUT2D eigenvalue weighted by Gasteiger charge is -2.07. The van der Waals surface area contributed by atoms with Gasteiger partial charge in [-0.3, -0.25) is 0 Å². The lowest BCUT2D eigenvalue weighted by Crippen LogP contribution is -1.89. The largest absolute Gasteiger partial charge is 0.122 e. The molecule has 0 nitrogen and oxygen atoms in total. The van der Waals surface area contributed by atoms with Gasteiger partial charge in [0.05, 0.1) is 0 Å². The van der Waals surface area contributed by atoms with Crippen LogP contribution in [0.2, 0.25) is 0 Å². The van der Waals surface area contributed by atoms with Gasteiger partial charge >= 0.3 is 0 Å². The van der Waals surface area contributed by atoms with Crippen LogP contribution < -0.4 is 0 Å². The van der Waals surface area contributed by atoms with Crippen LogP contribution >= 0.6 is 27.5 Å². The third-order valence-corrected chi connectivity index (χ3v) is 3.36. The Kier molecular flexibility index (Phi) is 3.60. The molecule has 12 heavy (non-hydrogen) atoms. The maximum absolute atomic E-state index is 5.80. The van der Waals surface area contributed by atoms with Crippen molar-refractivity contribution in [3.63, 3.8) is 0 Å². The predicted octanol–water partition coefficient (Wildman–Crippen LogP) is 4.06. The Bertz CT molecular complexity index is 281. The maximum Gasteiger partial charge on any atom is 0.0485 e. The van der Waals surface area contributed by atoms with E-state index in [1.807, 2.05) is 0 Å². The Labute approximate surface area is 87.1 Å². The molecule has 0 N–H and O–H groups in total. The molecule has 0 aromatic heterocycles. The molecule has 1 rings (SSSR count). The number of hydrogen-bond donors (Lipinski definition) is 0. The van der Waals surface area contributed by atoms with Gasteiger partial charge in [0.15, 0.2) is 0 Å². The van der Waals surface area contributed by atoms with Gasteiger partial charge in [-0.2, -0.15) is 0 Å². The quantitative estimate of drug-likeness (QED) is 0.692. The molecule has 0 unspecified atom stereocenters. The first-order valence-corrected chi connectivity index (χ1v) is 5.35. The van der Waals surface area contributed by atoms with Gasteiger partial charge < -0.3 is 0 Å². The van der Waals surface area contributed by atoms with E-state index in [1.54, 1.807) is 0 Å². The summed E-state index contributed by atoms with van der Waals surface area (Å²) in [6, 6.07) is 4.35. The van der Waals surface area contributed by atoms with Crippen molar-refractivity contribution in [1.82, 2.24) is 0 Å². The SMILES string of the molecule is CCc1cc(C)c(Br)c(CCl)c1. The molecule has 0 amide bonds. The van der Waals surface area contributed by atoms with Crippen LogP contribution in [-0.4, -0.2) is 0 Å². The molecule has 0 spiro atoms. The highest BCUT2D eigenvalue weighted by Gasteiger charge is 2.03. The summed E-state index contributed by atoms with van der Waals surface area (Å²) in [6.45, 7) is 4.25. The van der Waals surface area contributed by atoms with Gasteiger partial charge in [-0.1, -0.05) is 35.0 Å². The number of aryl methyl sites for hydroxylation is 2. The first kappa shape index (κ1) is 10.1. The highest BCUT2D eigenvalue weighted by Crippen LogP contribution is 2.24. The van der Waals surface area contributed by atoms with Gasteiger partial charge in [-0.25, -0.2) is 0 Å². The first-order chi connectivity index (χ1) is 5.69. The van der Waals surface area contributed by atoms with E-state index in [0.717, 1.165) is 10.9 Å². The molecule has 1 aromatic carbocycles. The van der Waals surface area contributed by atoms with Crippen LogP contribution in [0, 0.1) is 6.92 Å². The molecule has 0 bridgehead atoms. The summed E-state index contributed by atoms with van der Waals surface area (Å²) in [6.07, 6.45) is 1.07. The van der Waals surface area contributed by atoms with Crippen molar-refractivity contribution in [2.75, 3.05) is 0 Å². The summed E-state index contributed by atoms with van der Waals surface area (Å²) in [5.41, 5.74) is 3.81. The van der Waals surface area contributed by atoms with Crippen molar-refractivity contribution >= 4 is 27.5 Å². The third kappa shape index (κ3) is 2.02. The van der Waals surface area contributed by atoms with E-state index in [0.29, 0.717) is 5.88 Å². The topological polar surface area (TPSA) is 0 Å². The number of rotatable bonds is 2. The zero-order valence-electron chi connectivity index (χ0n) is 7.32. The standard InChI is InChI=1S/C10H12BrCl/c1-3-8-4-7(2)10(11)9(5-8)6-12/h4-5H,3,6H2,1-2H3. The normalized spacial score (nSPS) is 10.3. The fourth-order valence-electron chi connectivity index (χ4n) is 1.22. The molecule has 0 atom stereocenters. The predicted molar refractivity (Wildman–Crippen MR) is 57.8 cm³/mol. The average Bonchev–Trinajstić information content (AvgIpc) is 2.09. The van der Waals surface area contributed by atoms with Crippen LogP contribution in [0.15, 0.2) is 16.6 Å². The van der Waals surface area contributed by atoms with Crippen LogP contribution in [0.1, 0.15) is 23.6 Å². The van der Waals surface area contributed by atoms with E-state index in [2.05, 4.69) is 41.9 Å². The number of benzene rings is 1. The zero-order chi connectivity index (χ0) is 9.14. The Morgan fingerprint density at radius 2 is 2.08 bits per heavy atom. The summed E-state index contributed by atoms with van der Waals surface area (Å²) in [7, 11) is 0. The molecule has 0 fully saturated rings. The average molecular weight is 248 g/mol. The van der Waals surface area contributed by atoms with Crippen molar-refractivity contribution in [3.8, 4) is 0 Å². The van der Waals surface area contributed by atoms with Gasteiger partial charge in [-0.05, 0) is 30.0 Å². The van der Waals surface area contributed by atoms with Crippen LogP contribution in [0.25, 0.3) is 0 Å². The van der Waals surface area contributed by atoms with Crippen molar-refractivity contribution in [2.45, 2.75) is 26.1 Å². The lowest BCUT2D eigenvalue weighted by molar-refractivity contribution is 1.11. The monoisotopic (exact) mass is 246 g/mol. The van der Waals surface area contributed by atoms with Crippen LogP contribution in [0.5, 0.6) is 0 Å². The second kappa shape index (κ2) is 4.29. The second-order valence-corrected chi connectivity index (χ2v) is 3.93. The fourth-order valence-corrected chi connectivity index (χ4v) is 1.97. The lowest BCUT2D eigenvalue weighted by atomic mass is 10.1. The number of hydrogen-bond acceptors (Lipinski definition) is 0. The highest BCUT2D eigenvalue weighted by molar-refractivity contribution is 9.10. The molecule has 0 heterocycles. The van der Waals surface area contributed by atoms with Gasteiger partial charge in [0.25, 0.3) is 0 Å². The Balaban J connectivity index is 3.19. The first-order valence-electron chi connectivity index (χ1n) is 4.03. The minimum atomic E-state index is 0.579. The van der Waals surface area contributed by atoms with E-state index < -0.39 is 0 Å². The van der Waals surface area contributed by atoms with Crippen molar-refractivity contribution in [2.24, 2.45) is 0 Å². The van der Waals surface area contributed by atoms with E-state index in [9.17, 15) is 0 Å². The van der Waals surface area contributed by atoms with Gasteiger partial charge in [0.1, 0.15) is 0 Å². The van der Waals surface area contributed by atoms with Gasteiger partial charge in [-0.15, -0.1) is 11.6 Å². The highest BCUT2D eigenvalue weighted by atomic mass is 79.9. The Hall–Kier alpha value is -0.0100. The summed E-state index contributed by atoms with van der Waals surface area (Å²) < 4.78 is 1.15. The van der Waals surface area contributed by atoms with Crippen LogP contribution in [0.3, 0.4) is 0 Å². The molecule has 1 aromatic rings. The zero-order valence-corrected chi connectivity index (χ0v) is 9.67. The maximum atomic E-state index is 5.80. The molecule has 0 radical (unpaired) electrons. The summed E-state index contributed by atoms with van der Waals surface area (Å²) in [5.74, 6) is 0.579. The summed E-state index contributed by atoms with van der Waals surface area (Å²) in [5, 5.41) is 0. The molecule has 2 heteroatoms. The summed E-state index contributed by atoms with van der Waals surface area (Å²) >= 11 is 9.32. The third-order valence-electron chi connectivity index (χ3n) is 1.94. The minimum absolute atomic E-state index is 0.579. The Morgan fingerprint density at radius 1 is 1.42 bits per heavy atom. The minimum Gasteiger partial charge on any atom is -0.122 e. The smallest absolute Gasteiger partial charge is 0.0485 e. The molecule has 0 aliphatic heterocycles. The Morgan fingerprint density at radius 3 is 2.58 bits per heavy atom. The van der Waals surface area contributed by atoms with Crippen LogP contribution in [0.4, 0.5) is 0 Å². The van der Waals surface area contributed by atoms with Crippen molar-refractivity contribution < 1.29 is 0 Å². The second-order valence-electron chi connectivity index (χ2n) is 2.87. The van der Waals surface area contributed by atoms with Gasteiger partial charge in [0, 0.05) is 10.4 Å².